The lowest BCUT2D eigenvalue weighted by Crippen LogP contribution is -2.28. The number of carbonyl (C=O) groups excluding carboxylic acids is 1. The SMILES string of the molecule is CCCc1ccc(NC(=O)NCc2ccc(COCC)cc2)cc1. The first-order chi connectivity index (χ1) is 11.7. The average molecular weight is 326 g/mol. The molecule has 0 heterocycles. The van der Waals surface area contributed by atoms with Crippen LogP contribution in [0.5, 0.6) is 0 Å². The third kappa shape index (κ3) is 6.05. The van der Waals surface area contributed by atoms with Gasteiger partial charge in [-0.1, -0.05) is 49.7 Å². The van der Waals surface area contributed by atoms with E-state index in [0.717, 1.165) is 29.7 Å². The molecule has 0 saturated heterocycles. The van der Waals surface area contributed by atoms with E-state index in [1.54, 1.807) is 0 Å². The third-order valence-electron chi connectivity index (χ3n) is 3.70. The molecule has 2 aromatic carbocycles. The lowest BCUT2D eigenvalue weighted by atomic mass is 10.1. The molecule has 0 aliphatic heterocycles. The number of amides is 2. The van der Waals surface area contributed by atoms with Gasteiger partial charge in [0.25, 0.3) is 0 Å². The van der Waals surface area contributed by atoms with Gasteiger partial charge in [0.15, 0.2) is 0 Å². The molecule has 2 N–H and O–H groups in total. The Labute approximate surface area is 144 Å². The van der Waals surface area contributed by atoms with Gasteiger partial charge in [0.05, 0.1) is 6.61 Å². The Kier molecular flexibility index (Phi) is 7.30. The molecule has 0 aliphatic rings. The summed E-state index contributed by atoms with van der Waals surface area (Å²) in [5.41, 5.74) is 4.29. The van der Waals surface area contributed by atoms with Crippen LogP contribution in [0.4, 0.5) is 10.5 Å². The monoisotopic (exact) mass is 326 g/mol. The molecule has 24 heavy (non-hydrogen) atoms. The second kappa shape index (κ2) is 9.73. The van der Waals surface area contributed by atoms with Crippen LogP contribution in [0.1, 0.15) is 37.0 Å². The Balaban J connectivity index is 1.78. The third-order valence-corrected chi connectivity index (χ3v) is 3.70. The summed E-state index contributed by atoms with van der Waals surface area (Å²) in [6.07, 6.45) is 2.18. The van der Waals surface area contributed by atoms with Crippen molar-refractivity contribution in [1.29, 1.82) is 0 Å². The van der Waals surface area contributed by atoms with Crippen LogP contribution in [-0.4, -0.2) is 12.6 Å². The van der Waals surface area contributed by atoms with Crippen LogP contribution >= 0.6 is 0 Å². The number of benzene rings is 2. The number of hydrogen-bond acceptors (Lipinski definition) is 2. The van der Waals surface area contributed by atoms with Gasteiger partial charge in [0.2, 0.25) is 0 Å². The summed E-state index contributed by atoms with van der Waals surface area (Å²) in [7, 11) is 0. The minimum Gasteiger partial charge on any atom is -0.377 e. The highest BCUT2D eigenvalue weighted by molar-refractivity contribution is 5.89. The van der Waals surface area contributed by atoms with Gasteiger partial charge in [-0.25, -0.2) is 4.79 Å². The van der Waals surface area contributed by atoms with E-state index in [2.05, 4.69) is 29.7 Å². The number of hydrogen-bond donors (Lipinski definition) is 2. The highest BCUT2D eigenvalue weighted by Gasteiger charge is 2.02. The summed E-state index contributed by atoms with van der Waals surface area (Å²) in [4.78, 5) is 12.0. The minimum absolute atomic E-state index is 0.198. The molecular weight excluding hydrogens is 300 g/mol. The van der Waals surface area contributed by atoms with E-state index in [0.29, 0.717) is 19.8 Å². The van der Waals surface area contributed by atoms with E-state index in [1.165, 1.54) is 5.56 Å². The van der Waals surface area contributed by atoms with Crippen molar-refractivity contribution in [3.63, 3.8) is 0 Å². The van der Waals surface area contributed by atoms with E-state index in [9.17, 15) is 4.79 Å². The van der Waals surface area contributed by atoms with E-state index >= 15 is 0 Å². The topological polar surface area (TPSA) is 50.4 Å². The van der Waals surface area contributed by atoms with Crippen molar-refractivity contribution in [2.75, 3.05) is 11.9 Å². The number of rotatable bonds is 8. The van der Waals surface area contributed by atoms with Gasteiger partial charge in [-0.2, -0.15) is 0 Å². The highest BCUT2D eigenvalue weighted by atomic mass is 16.5. The van der Waals surface area contributed by atoms with E-state index in [1.807, 2.05) is 43.3 Å². The summed E-state index contributed by atoms with van der Waals surface area (Å²) in [6, 6.07) is 15.8. The summed E-state index contributed by atoms with van der Waals surface area (Å²) < 4.78 is 5.37. The average Bonchev–Trinajstić information content (AvgIpc) is 2.61. The predicted molar refractivity (Wildman–Crippen MR) is 98.1 cm³/mol. The molecule has 0 atom stereocenters. The van der Waals surface area contributed by atoms with Crippen molar-refractivity contribution in [3.8, 4) is 0 Å². The van der Waals surface area contributed by atoms with Gasteiger partial charge in [0, 0.05) is 18.8 Å². The second-order valence-electron chi connectivity index (χ2n) is 5.71. The molecule has 4 heteroatoms. The molecule has 2 aromatic rings. The molecule has 0 aliphatic carbocycles. The van der Waals surface area contributed by atoms with Crippen LogP contribution in [0, 0.1) is 0 Å². The van der Waals surface area contributed by atoms with Crippen molar-refractivity contribution in [1.82, 2.24) is 5.32 Å². The van der Waals surface area contributed by atoms with Crippen LogP contribution < -0.4 is 10.6 Å². The molecular formula is C20H26N2O2. The highest BCUT2D eigenvalue weighted by Crippen LogP contribution is 2.11. The molecule has 2 amide bonds. The smallest absolute Gasteiger partial charge is 0.319 e. The lowest BCUT2D eigenvalue weighted by Gasteiger charge is -2.09. The Morgan fingerprint density at radius 3 is 2.17 bits per heavy atom. The fraction of sp³-hybridized carbons (Fsp3) is 0.350. The van der Waals surface area contributed by atoms with Gasteiger partial charge in [-0.3, -0.25) is 0 Å². The zero-order valence-corrected chi connectivity index (χ0v) is 14.5. The molecule has 128 valence electrons. The maximum atomic E-state index is 12.0. The Hall–Kier alpha value is -2.33. The normalized spacial score (nSPS) is 10.4. The quantitative estimate of drug-likeness (QED) is 0.750. The molecule has 0 spiro atoms. The maximum Gasteiger partial charge on any atom is 0.319 e. The number of aryl methyl sites for hydroxylation is 1. The fourth-order valence-corrected chi connectivity index (χ4v) is 2.37. The zero-order chi connectivity index (χ0) is 17.2. The zero-order valence-electron chi connectivity index (χ0n) is 14.5. The van der Waals surface area contributed by atoms with Gasteiger partial charge < -0.3 is 15.4 Å². The summed E-state index contributed by atoms with van der Waals surface area (Å²) in [5.74, 6) is 0. The summed E-state index contributed by atoms with van der Waals surface area (Å²) in [6.45, 7) is 5.97. The largest absolute Gasteiger partial charge is 0.377 e. The van der Waals surface area contributed by atoms with Crippen LogP contribution in [0.25, 0.3) is 0 Å². The van der Waals surface area contributed by atoms with Gasteiger partial charge >= 0.3 is 6.03 Å². The van der Waals surface area contributed by atoms with Crippen molar-refractivity contribution >= 4 is 11.7 Å². The van der Waals surface area contributed by atoms with Crippen molar-refractivity contribution in [2.24, 2.45) is 0 Å². The number of carbonyl (C=O) groups is 1. The van der Waals surface area contributed by atoms with Crippen LogP contribution in [0.2, 0.25) is 0 Å². The summed E-state index contributed by atoms with van der Waals surface area (Å²) in [5, 5.41) is 5.72. The molecule has 4 nitrogen and oxygen atoms in total. The molecule has 0 bridgehead atoms. The standard InChI is InChI=1S/C20H26N2O2/c1-3-5-16-10-12-19(13-11-16)22-20(23)21-14-17-6-8-18(9-7-17)15-24-4-2/h6-13H,3-5,14-15H2,1-2H3,(H2,21,22,23). The van der Waals surface area contributed by atoms with E-state index < -0.39 is 0 Å². The van der Waals surface area contributed by atoms with Gasteiger partial charge in [0.1, 0.15) is 0 Å². The molecule has 0 radical (unpaired) electrons. The fourth-order valence-electron chi connectivity index (χ4n) is 2.37. The molecule has 0 unspecified atom stereocenters. The second-order valence-corrected chi connectivity index (χ2v) is 5.71. The first kappa shape index (κ1) is 18.0. The van der Waals surface area contributed by atoms with Crippen molar-refractivity contribution in [3.05, 3.63) is 65.2 Å². The maximum absolute atomic E-state index is 12.0. The molecule has 2 rings (SSSR count). The Bertz CT molecular complexity index is 621. The first-order valence-corrected chi connectivity index (χ1v) is 8.50. The number of anilines is 1. The molecule has 0 fully saturated rings. The first-order valence-electron chi connectivity index (χ1n) is 8.50. The lowest BCUT2D eigenvalue weighted by molar-refractivity contribution is 0.134. The minimum atomic E-state index is -0.198. The van der Waals surface area contributed by atoms with Gasteiger partial charge in [-0.05, 0) is 42.2 Å². The number of nitrogens with one attached hydrogen (secondary N) is 2. The van der Waals surface area contributed by atoms with Crippen LogP contribution in [0.3, 0.4) is 0 Å². The summed E-state index contributed by atoms with van der Waals surface area (Å²) >= 11 is 0. The van der Waals surface area contributed by atoms with Crippen molar-refractivity contribution < 1.29 is 9.53 Å². The van der Waals surface area contributed by atoms with Gasteiger partial charge in [-0.15, -0.1) is 0 Å². The van der Waals surface area contributed by atoms with Crippen LogP contribution in [-0.2, 0) is 24.3 Å². The van der Waals surface area contributed by atoms with Crippen molar-refractivity contribution in [2.45, 2.75) is 39.8 Å². The van der Waals surface area contributed by atoms with E-state index in [-0.39, 0.29) is 6.03 Å². The number of ether oxygens (including phenoxy) is 1. The predicted octanol–water partition coefficient (Wildman–Crippen LogP) is 4.50. The van der Waals surface area contributed by atoms with Crippen LogP contribution in [0.15, 0.2) is 48.5 Å². The Morgan fingerprint density at radius 1 is 0.917 bits per heavy atom. The molecule has 0 aromatic heterocycles. The number of urea groups is 1. The van der Waals surface area contributed by atoms with E-state index in [4.69, 9.17) is 4.74 Å². The molecule has 0 saturated carbocycles. The Morgan fingerprint density at radius 2 is 1.54 bits per heavy atom.